The zero-order valence-corrected chi connectivity index (χ0v) is 31.0. The fourth-order valence-corrected chi connectivity index (χ4v) is 8.41. The second-order valence-corrected chi connectivity index (χ2v) is 14.4. The number of rotatable bonds is 7. The second kappa shape index (κ2) is 13.6. The second-order valence-electron chi connectivity index (χ2n) is 14.4. The van der Waals surface area contributed by atoms with Gasteiger partial charge in [0.25, 0.3) is 0 Å². The third-order valence-corrected chi connectivity index (χ3v) is 11.0. The van der Waals surface area contributed by atoms with E-state index in [4.69, 9.17) is 9.40 Å². The molecule has 0 N–H and O–H groups in total. The number of anilines is 3. The van der Waals surface area contributed by atoms with Crippen molar-refractivity contribution < 1.29 is 4.42 Å². The van der Waals surface area contributed by atoms with Crippen molar-refractivity contribution in [2.75, 3.05) is 4.90 Å². The van der Waals surface area contributed by atoms with E-state index in [-0.39, 0.29) is 0 Å². The first kappa shape index (κ1) is 32.7. The van der Waals surface area contributed by atoms with Crippen LogP contribution in [0.3, 0.4) is 0 Å². The molecule has 0 aliphatic heterocycles. The third kappa shape index (κ3) is 5.58. The Bertz CT molecular complexity index is 3220. The van der Waals surface area contributed by atoms with Crippen molar-refractivity contribution in [2.24, 2.45) is 0 Å². The molecule has 0 radical (unpaired) electrons. The SMILES string of the molecule is c1ccc(-c2ccc(N(c3cccc(-c4cccc5nc(-c6ccccc6)oc45)c3)c3cc4c(c5ccccc35)c3ccccc3n4-c3ccccc3)cc2)cc1. The van der Waals surface area contributed by atoms with E-state index in [0.29, 0.717) is 5.89 Å². The molecule has 268 valence electrons. The van der Waals surface area contributed by atoms with Gasteiger partial charge in [0.2, 0.25) is 5.89 Å². The van der Waals surface area contributed by atoms with Gasteiger partial charge in [0.1, 0.15) is 5.52 Å². The van der Waals surface area contributed by atoms with Crippen LogP contribution in [-0.2, 0) is 0 Å². The van der Waals surface area contributed by atoms with Crippen molar-refractivity contribution in [3.8, 4) is 39.4 Å². The quantitative estimate of drug-likeness (QED) is 0.164. The zero-order chi connectivity index (χ0) is 37.7. The molecule has 0 atom stereocenters. The van der Waals surface area contributed by atoms with E-state index in [0.717, 1.165) is 56.1 Å². The molecule has 0 aliphatic rings. The molecule has 57 heavy (non-hydrogen) atoms. The standard InChI is InChI=1S/C53H35N3O/c1-4-16-36(17-5-1)37-30-32-41(33-31-37)55(42-23-14-20-39(34-42)43-27-15-28-47-52(43)57-53(54-47)38-18-6-2-7-19-38)49-35-50-51(45-25-11-10-24-44(45)49)46-26-12-13-29-48(46)56(50)40-21-8-3-9-22-40/h1-35H. The zero-order valence-electron chi connectivity index (χ0n) is 31.0. The monoisotopic (exact) mass is 729 g/mol. The van der Waals surface area contributed by atoms with Gasteiger partial charge in [-0.05, 0) is 88.8 Å². The highest BCUT2D eigenvalue weighted by Gasteiger charge is 2.23. The molecule has 9 aromatic carbocycles. The van der Waals surface area contributed by atoms with Gasteiger partial charge in [-0.1, -0.05) is 146 Å². The molecule has 0 bridgehead atoms. The highest BCUT2D eigenvalue weighted by Crippen LogP contribution is 2.46. The van der Waals surface area contributed by atoms with Crippen LogP contribution in [0.5, 0.6) is 0 Å². The van der Waals surface area contributed by atoms with Crippen molar-refractivity contribution in [3.05, 3.63) is 212 Å². The van der Waals surface area contributed by atoms with E-state index in [1.54, 1.807) is 0 Å². The summed E-state index contributed by atoms with van der Waals surface area (Å²) in [5, 5.41) is 4.85. The lowest BCUT2D eigenvalue weighted by Crippen LogP contribution is -2.11. The van der Waals surface area contributed by atoms with Gasteiger partial charge in [0.15, 0.2) is 5.58 Å². The Morgan fingerprint density at radius 2 is 1.04 bits per heavy atom. The van der Waals surface area contributed by atoms with Crippen LogP contribution in [0.25, 0.3) is 83.1 Å². The normalized spacial score (nSPS) is 11.5. The molecule has 0 fully saturated rings. The molecular formula is C53H35N3O. The molecule has 4 heteroatoms. The van der Waals surface area contributed by atoms with Gasteiger partial charge in [0.05, 0.1) is 16.7 Å². The average Bonchev–Trinajstić information content (AvgIpc) is 3.88. The summed E-state index contributed by atoms with van der Waals surface area (Å²) in [5.74, 6) is 0.614. The van der Waals surface area contributed by atoms with Crippen LogP contribution in [0, 0.1) is 0 Å². The Hall–Kier alpha value is -7.69. The molecular weight excluding hydrogens is 695 g/mol. The Balaban J connectivity index is 1.16. The molecule has 0 saturated heterocycles. The lowest BCUT2D eigenvalue weighted by Gasteiger charge is -2.28. The number of nitrogens with zero attached hydrogens (tertiary/aromatic N) is 3. The summed E-state index contributed by atoms with van der Waals surface area (Å²) in [4.78, 5) is 7.30. The van der Waals surface area contributed by atoms with E-state index in [2.05, 4.69) is 185 Å². The summed E-state index contributed by atoms with van der Waals surface area (Å²) in [6, 6.07) is 75.2. The summed E-state index contributed by atoms with van der Waals surface area (Å²) >= 11 is 0. The minimum atomic E-state index is 0.614. The first-order valence-electron chi connectivity index (χ1n) is 19.3. The van der Waals surface area contributed by atoms with E-state index in [1.807, 2.05) is 36.4 Å². The summed E-state index contributed by atoms with van der Waals surface area (Å²) in [5.41, 5.74) is 13.6. The van der Waals surface area contributed by atoms with Gasteiger partial charge in [-0.3, -0.25) is 0 Å². The van der Waals surface area contributed by atoms with Gasteiger partial charge >= 0.3 is 0 Å². The fraction of sp³-hybridized carbons (Fsp3) is 0. The van der Waals surface area contributed by atoms with E-state index >= 15 is 0 Å². The van der Waals surface area contributed by atoms with E-state index in [9.17, 15) is 0 Å². The summed E-state index contributed by atoms with van der Waals surface area (Å²) < 4.78 is 8.93. The minimum Gasteiger partial charge on any atom is -0.435 e. The maximum Gasteiger partial charge on any atom is 0.227 e. The van der Waals surface area contributed by atoms with Crippen molar-refractivity contribution in [1.82, 2.24) is 9.55 Å². The van der Waals surface area contributed by atoms with Gasteiger partial charge in [0, 0.05) is 44.3 Å². The molecule has 2 aromatic heterocycles. The maximum atomic E-state index is 6.53. The molecule has 0 saturated carbocycles. The topological polar surface area (TPSA) is 34.2 Å². The number of para-hydroxylation sites is 3. The Morgan fingerprint density at radius 1 is 0.421 bits per heavy atom. The summed E-state index contributed by atoms with van der Waals surface area (Å²) in [6.45, 7) is 0. The van der Waals surface area contributed by atoms with Crippen molar-refractivity contribution >= 4 is 60.7 Å². The molecule has 0 unspecified atom stereocenters. The van der Waals surface area contributed by atoms with Crippen molar-refractivity contribution in [2.45, 2.75) is 0 Å². The molecule has 11 rings (SSSR count). The van der Waals surface area contributed by atoms with Gasteiger partial charge in [-0.2, -0.15) is 0 Å². The lowest BCUT2D eigenvalue weighted by atomic mass is 9.99. The predicted molar refractivity (Wildman–Crippen MR) is 237 cm³/mol. The average molecular weight is 730 g/mol. The third-order valence-electron chi connectivity index (χ3n) is 11.0. The smallest absolute Gasteiger partial charge is 0.227 e. The predicted octanol–water partition coefficient (Wildman–Crippen LogP) is 14.5. The molecule has 0 spiro atoms. The molecule has 4 nitrogen and oxygen atoms in total. The van der Waals surface area contributed by atoms with Crippen LogP contribution in [0.1, 0.15) is 0 Å². The molecule has 11 aromatic rings. The van der Waals surface area contributed by atoms with Crippen LogP contribution in [-0.4, -0.2) is 9.55 Å². The van der Waals surface area contributed by atoms with Gasteiger partial charge in [-0.15, -0.1) is 0 Å². The summed E-state index contributed by atoms with van der Waals surface area (Å²) in [7, 11) is 0. The Kier molecular flexibility index (Phi) is 7.78. The number of hydrogen-bond donors (Lipinski definition) is 0. The number of hydrogen-bond acceptors (Lipinski definition) is 3. The van der Waals surface area contributed by atoms with Crippen LogP contribution in [0.2, 0.25) is 0 Å². The summed E-state index contributed by atoms with van der Waals surface area (Å²) in [6.07, 6.45) is 0. The first-order valence-corrected chi connectivity index (χ1v) is 19.3. The first-order chi connectivity index (χ1) is 28.3. The number of fused-ring (bicyclic) bond motifs is 6. The Labute approximate surface area is 330 Å². The van der Waals surface area contributed by atoms with Crippen molar-refractivity contribution in [1.29, 1.82) is 0 Å². The molecule has 0 aliphatic carbocycles. The van der Waals surface area contributed by atoms with Crippen LogP contribution in [0.4, 0.5) is 17.1 Å². The van der Waals surface area contributed by atoms with Gasteiger partial charge < -0.3 is 13.9 Å². The largest absolute Gasteiger partial charge is 0.435 e. The van der Waals surface area contributed by atoms with Gasteiger partial charge in [-0.25, -0.2) is 4.98 Å². The minimum absolute atomic E-state index is 0.614. The maximum absolute atomic E-state index is 6.53. The molecule has 2 heterocycles. The Morgan fingerprint density at radius 3 is 1.81 bits per heavy atom. The van der Waals surface area contributed by atoms with Crippen LogP contribution in [0.15, 0.2) is 217 Å². The highest BCUT2D eigenvalue weighted by molar-refractivity contribution is 6.24. The highest BCUT2D eigenvalue weighted by atomic mass is 16.3. The molecule has 0 amide bonds. The fourth-order valence-electron chi connectivity index (χ4n) is 8.41. The van der Waals surface area contributed by atoms with Crippen LogP contribution < -0.4 is 4.90 Å². The van der Waals surface area contributed by atoms with E-state index in [1.165, 1.54) is 38.2 Å². The van der Waals surface area contributed by atoms with Crippen LogP contribution >= 0.6 is 0 Å². The van der Waals surface area contributed by atoms with E-state index < -0.39 is 0 Å². The van der Waals surface area contributed by atoms with Crippen molar-refractivity contribution in [3.63, 3.8) is 0 Å². The number of oxazole rings is 1. The number of benzene rings is 9. The number of aromatic nitrogens is 2. The lowest BCUT2D eigenvalue weighted by molar-refractivity contribution is 0.621.